The lowest BCUT2D eigenvalue weighted by Crippen LogP contribution is -2.24. The molecule has 0 N–H and O–H groups in total. The van der Waals surface area contributed by atoms with Gasteiger partial charge in [-0.05, 0) is 50.1 Å². The van der Waals surface area contributed by atoms with Crippen LogP contribution in [0.15, 0.2) is 94.7 Å². The fraction of sp³-hybridized carbons (Fsp3) is 0.154. The van der Waals surface area contributed by atoms with E-state index in [0.717, 1.165) is 0 Å². The fourth-order valence-corrected chi connectivity index (χ4v) is 5.64. The van der Waals surface area contributed by atoms with Gasteiger partial charge in [0.2, 0.25) is 0 Å². The summed E-state index contributed by atoms with van der Waals surface area (Å²) in [6.07, 6.45) is 0. The molecule has 1 nitrogen and oxygen atoms in total. The summed E-state index contributed by atoms with van der Waals surface area (Å²) >= 11 is 1.90. The first-order valence-electron chi connectivity index (χ1n) is 9.73. The second kappa shape index (κ2) is 6.42. The number of nitrogens with zero attached hydrogens (tertiary/aromatic N) is 1. The third-order valence-electron chi connectivity index (χ3n) is 5.73. The minimum atomic E-state index is -0.116. The predicted octanol–water partition coefficient (Wildman–Crippen LogP) is 7.25. The maximum absolute atomic E-state index is 2.55. The first-order chi connectivity index (χ1) is 13.6. The average Bonchev–Trinajstić information content (AvgIpc) is 3.14. The molecule has 0 saturated carbocycles. The molecule has 2 heteroatoms. The Morgan fingerprint density at radius 3 is 2.07 bits per heavy atom. The highest BCUT2D eigenvalue weighted by molar-refractivity contribution is 8.03. The van der Waals surface area contributed by atoms with Crippen LogP contribution in [-0.2, 0) is 5.54 Å². The summed E-state index contributed by atoms with van der Waals surface area (Å²) in [7, 11) is 0. The Morgan fingerprint density at radius 2 is 1.36 bits per heavy atom. The molecule has 5 rings (SSSR count). The Morgan fingerprint density at radius 1 is 0.750 bits per heavy atom. The molecule has 2 heterocycles. The van der Waals surface area contributed by atoms with E-state index >= 15 is 0 Å². The Balaban J connectivity index is 1.84. The first kappa shape index (κ1) is 17.4. The molecule has 0 spiro atoms. The zero-order valence-electron chi connectivity index (χ0n) is 16.4. The normalized spacial score (nSPS) is 15.2. The molecule has 0 saturated heterocycles. The molecule has 0 atom stereocenters. The second-order valence-electron chi connectivity index (χ2n) is 7.87. The molecule has 1 aromatic heterocycles. The van der Waals surface area contributed by atoms with Crippen LogP contribution in [0.25, 0.3) is 16.5 Å². The first-order valence-corrected chi connectivity index (χ1v) is 10.5. The van der Waals surface area contributed by atoms with E-state index in [1.165, 1.54) is 43.1 Å². The largest absolute Gasteiger partial charge is 0.330 e. The maximum atomic E-state index is 2.55. The van der Waals surface area contributed by atoms with Crippen molar-refractivity contribution in [2.45, 2.75) is 31.2 Å². The lowest BCUT2D eigenvalue weighted by atomic mass is 9.96. The number of rotatable bonds is 3. The van der Waals surface area contributed by atoms with E-state index in [2.05, 4.69) is 110 Å². The van der Waals surface area contributed by atoms with Gasteiger partial charge in [0.05, 0.1) is 11.2 Å². The molecule has 1 aliphatic heterocycles. The summed E-state index contributed by atoms with van der Waals surface area (Å²) in [5.74, 6) is 0. The highest BCUT2D eigenvalue weighted by atomic mass is 32.2. The van der Waals surface area contributed by atoms with Gasteiger partial charge in [-0.3, -0.25) is 0 Å². The minimum Gasteiger partial charge on any atom is -0.330 e. The highest BCUT2D eigenvalue weighted by Gasteiger charge is 2.41. The summed E-state index contributed by atoms with van der Waals surface area (Å²) < 4.78 is 2.55. The molecule has 3 aromatic carbocycles. The summed E-state index contributed by atoms with van der Waals surface area (Å²) in [6.45, 7) is 6.97. The molecular formula is C26H23NS. The van der Waals surface area contributed by atoms with Crippen LogP contribution in [0.1, 0.15) is 30.7 Å². The monoisotopic (exact) mass is 381 g/mol. The van der Waals surface area contributed by atoms with Gasteiger partial charge in [0.1, 0.15) is 0 Å². The Kier molecular flexibility index (Phi) is 3.99. The molecule has 0 unspecified atom stereocenters. The van der Waals surface area contributed by atoms with Crippen molar-refractivity contribution in [2.75, 3.05) is 0 Å². The van der Waals surface area contributed by atoms with Gasteiger partial charge in [0.15, 0.2) is 0 Å². The van der Waals surface area contributed by atoms with Crippen LogP contribution in [0.2, 0.25) is 0 Å². The van der Waals surface area contributed by atoms with Crippen molar-refractivity contribution in [3.8, 4) is 0 Å². The van der Waals surface area contributed by atoms with Crippen molar-refractivity contribution in [3.63, 3.8) is 0 Å². The molecular weight excluding hydrogens is 358 g/mol. The number of benzene rings is 3. The highest BCUT2D eigenvalue weighted by Crippen LogP contribution is 2.54. The quantitative estimate of drug-likeness (QED) is 0.362. The van der Waals surface area contributed by atoms with Gasteiger partial charge in [0, 0.05) is 26.3 Å². The average molecular weight is 382 g/mol. The number of para-hydroxylation sites is 1. The van der Waals surface area contributed by atoms with Gasteiger partial charge < -0.3 is 4.57 Å². The predicted molar refractivity (Wildman–Crippen MR) is 121 cm³/mol. The maximum Gasteiger partial charge on any atom is 0.0715 e. The molecule has 0 amide bonds. The SMILES string of the molecule is Cc1c2n(c3ccccc13)C(C)(C)C(Sc1ccccc1)=C2c1ccccc1. The van der Waals surface area contributed by atoms with Crippen LogP contribution in [0.4, 0.5) is 0 Å². The number of hydrogen-bond acceptors (Lipinski definition) is 1. The molecule has 0 fully saturated rings. The Labute approximate surface area is 170 Å². The van der Waals surface area contributed by atoms with Crippen molar-refractivity contribution in [1.82, 2.24) is 4.57 Å². The van der Waals surface area contributed by atoms with E-state index in [4.69, 9.17) is 0 Å². The van der Waals surface area contributed by atoms with E-state index in [9.17, 15) is 0 Å². The number of thioether (sulfide) groups is 1. The molecule has 0 bridgehead atoms. The zero-order chi connectivity index (χ0) is 19.3. The van der Waals surface area contributed by atoms with E-state index in [0.29, 0.717) is 0 Å². The van der Waals surface area contributed by atoms with Crippen LogP contribution in [-0.4, -0.2) is 4.57 Å². The van der Waals surface area contributed by atoms with Crippen molar-refractivity contribution >= 4 is 28.2 Å². The topological polar surface area (TPSA) is 4.93 Å². The summed E-state index contributed by atoms with van der Waals surface area (Å²) in [5.41, 5.74) is 6.58. The minimum absolute atomic E-state index is 0.116. The molecule has 4 aromatic rings. The standard InChI is InChI=1S/C26H23NS/c1-18-21-16-10-11-17-22(21)27-24(18)23(19-12-6-4-7-13-19)25(26(27,2)3)28-20-14-8-5-9-15-20/h4-17H,1-3H3. The molecule has 0 aliphatic carbocycles. The van der Waals surface area contributed by atoms with Crippen molar-refractivity contribution in [3.05, 3.63) is 107 Å². The Hall–Kier alpha value is -2.71. The lowest BCUT2D eigenvalue weighted by molar-refractivity contribution is 0.475. The van der Waals surface area contributed by atoms with Gasteiger partial charge >= 0.3 is 0 Å². The number of aryl methyl sites for hydroxylation is 1. The number of hydrogen-bond donors (Lipinski definition) is 0. The summed E-state index contributed by atoms with van der Waals surface area (Å²) in [5, 5.41) is 1.35. The van der Waals surface area contributed by atoms with E-state index in [-0.39, 0.29) is 5.54 Å². The van der Waals surface area contributed by atoms with Crippen LogP contribution < -0.4 is 0 Å². The number of aromatic nitrogens is 1. The van der Waals surface area contributed by atoms with Crippen LogP contribution >= 0.6 is 11.8 Å². The van der Waals surface area contributed by atoms with Crippen LogP contribution in [0.3, 0.4) is 0 Å². The van der Waals surface area contributed by atoms with Gasteiger partial charge in [-0.15, -0.1) is 0 Å². The molecule has 1 aliphatic rings. The molecule has 28 heavy (non-hydrogen) atoms. The van der Waals surface area contributed by atoms with E-state index in [1.54, 1.807) is 0 Å². The summed E-state index contributed by atoms with van der Waals surface area (Å²) in [6, 6.07) is 30.4. The second-order valence-corrected chi connectivity index (χ2v) is 8.95. The van der Waals surface area contributed by atoms with E-state index < -0.39 is 0 Å². The van der Waals surface area contributed by atoms with Gasteiger partial charge in [-0.1, -0.05) is 78.5 Å². The Bertz CT molecular complexity index is 1200. The summed E-state index contributed by atoms with van der Waals surface area (Å²) in [4.78, 5) is 2.69. The number of allylic oxidation sites excluding steroid dienone is 1. The van der Waals surface area contributed by atoms with Crippen LogP contribution in [0.5, 0.6) is 0 Å². The zero-order valence-corrected chi connectivity index (χ0v) is 17.3. The van der Waals surface area contributed by atoms with Gasteiger partial charge in [-0.2, -0.15) is 0 Å². The van der Waals surface area contributed by atoms with Crippen molar-refractivity contribution in [1.29, 1.82) is 0 Å². The van der Waals surface area contributed by atoms with Crippen molar-refractivity contribution in [2.24, 2.45) is 0 Å². The van der Waals surface area contributed by atoms with Crippen LogP contribution in [0, 0.1) is 6.92 Å². The lowest BCUT2D eigenvalue weighted by Gasteiger charge is -2.27. The molecule has 138 valence electrons. The van der Waals surface area contributed by atoms with Gasteiger partial charge in [-0.25, -0.2) is 0 Å². The smallest absolute Gasteiger partial charge is 0.0715 e. The van der Waals surface area contributed by atoms with E-state index in [1.807, 2.05) is 11.8 Å². The third kappa shape index (κ3) is 2.48. The van der Waals surface area contributed by atoms with Gasteiger partial charge in [0.25, 0.3) is 0 Å². The number of fused-ring (bicyclic) bond motifs is 3. The fourth-order valence-electron chi connectivity index (χ4n) is 4.45. The third-order valence-corrected chi connectivity index (χ3v) is 7.15. The molecule has 0 radical (unpaired) electrons. The van der Waals surface area contributed by atoms with Crippen molar-refractivity contribution < 1.29 is 0 Å².